The Balaban J connectivity index is 1.59. The molecule has 124 valence electrons. The van der Waals surface area contributed by atoms with Gasteiger partial charge in [0.05, 0.1) is 24.9 Å². The van der Waals surface area contributed by atoms with E-state index >= 15 is 0 Å². The molecule has 1 aliphatic heterocycles. The van der Waals surface area contributed by atoms with Crippen LogP contribution in [0.5, 0.6) is 0 Å². The standard InChI is InChI=1S/C22H24O2/c1-2-20-15-22(23-17-19-11-7-4-8-12-19)16-21(24-20)14-13-18-9-5-3-6-10-18/h2-14,20-22H,1,15-17H2/b14-13-/t20?,21?,22-/m1/s1. The molecule has 2 nitrogen and oxygen atoms in total. The maximum atomic E-state index is 6.12. The van der Waals surface area contributed by atoms with Gasteiger partial charge in [-0.05, 0) is 11.1 Å². The maximum Gasteiger partial charge on any atom is 0.0791 e. The van der Waals surface area contributed by atoms with E-state index in [1.807, 2.05) is 42.5 Å². The third kappa shape index (κ3) is 4.92. The van der Waals surface area contributed by atoms with Crippen molar-refractivity contribution in [3.63, 3.8) is 0 Å². The van der Waals surface area contributed by atoms with Crippen LogP contribution in [0.1, 0.15) is 24.0 Å². The molecule has 0 N–H and O–H groups in total. The highest BCUT2D eigenvalue weighted by Gasteiger charge is 2.27. The smallest absolute Gasteiger partial charge is 0.0791 e. The molecule has 0 spiro atoms. The lowest BCUT2D eigenvalue weighted by Gasteiger charge is -2.32. The van der Waals surface area contributed by atoms with E-state index in [1.54, 1.807) is 0 Å². The molecule has 0 aromatic heterocycles. The Labute approximate surface area is 144 Å². The molecule has 3 atom stereocenters. The van der Waals surface area contributed by atoms with E-state index in [1.165, 1.54) is 11.1 Å². The van der Waals surface area contributed by atoms with Crippen LogP contribution >= 0.6 is 0 Å². The summed E-state index contributed by atoms with van der Waals surface area (Å²) in [4.78, 5) is 0. The molecular formula is C22H24O2. The van der Waals surface area contributed by atoms with Crippen LogP contribution in [0.15, 0.2) is 79.4 Å². The fourth-order valence-electron chi connectivity index (χ4n) is 2.93. The normalized spacial score (nSPS) is 24.1. The summed E-state index contributed by atoms with van der Waals surface area (Å²) in [5.74, 6) is 0. The molecule has 2 heteroatoms. The minimum absolute atomic E-state index is 0.0462. The van der Waals surface area contributed by atoms with Gasteiger partial charge in [-0.15, -0.1) is 6.58 Å². The monoisotopic (exact) mass is 320 g/mol. The minimum atomic E-state index is 0.0462. The topological polar surface area (TPSA) is 18.5 Å². The lowest BCUT2D eigenvalue weighted by Crippen LogP contribution is -2.35. The average Bonchev–Trinajstić information content (AvgIpc) is 2.66. The van der Waals surface area contributed by atoms with Gasteiger partial charge in [0.15, 0.2) is 0 Å². The van der Waals surface area contributed by atoms with Gasteiger partial charge in [0.25, 0.3) is 0 Å². The summed E-state index contributed by atoms with van der Waals surface area (Å²) in [7, 11) is 0. The van der Waals surface area contributed by atoms with Crippen molar-refractivity contribution in [3.05, 3.63) is 90.5 Å². The van der Waals surface area contributed by atoms with Crippen molar-refractivity contribution in [2.45, 2.75) is 37.8 Å². The molecule has 0 aliphatic carbocycles. The van der Waals surface area contributed by atoms with E-state index < -0.39 is 0 Å². The number of rotatable bonds is 6. The molecule has 2 unspecified atom stereocenters. The van der Waals surface area contributed by atoms with E-state index in [-0.39, 0.29) is 18.3 Å². The number of ether oxygens (including phenoxy) is 2. The zero-order valence-corrected chi connectivity index (χ0v) is 13.9. The number of benzene rings is 2. The van der Waals surface area contributed by atoms with Gasteiger partial charge >= 0.3 is 0 Å². The largest absolute Gasteiger partial charge is 0.373 e. The zero-order valence-electron chi connectivity index (χ0n) is 13.9. The predicted molar refractivity (Wildman–Crippen MR) is 98.6 cm³/mol. The fourth-order valence-corrected chi connectivity index (χ4v) is 2.93. The molecule has 0 radical (unpaired) electrons. The van der Waals surface area contributed by atoms with Crippen molar-refractivity contribution < 1.29 is 9.47 Å². The van der Waals surface area contributed by atoms with Gasteiger partial charge in [0.2, 0.25) is 0 Å². The van der Waals surface area contributed by atoms with E-state index in [9.17, 15) is 0 Å². The van der Waals surface area contributed by atoms with Crippen LogP contribution in [-0.2, 0) is 16.1 Å². The summed E-state index contributed by atoms with van der Waals surface area (Å²) in [5, 5.41) is 0. The first-order valence-electron chi connectivity index (χ1n) is 8.50. The molecule has 1 heterocycles. The first kappa shape index (κ1) is 16.7. The average molecular weight is 320 g/mol. The molecule has 1 aliphatic rings. The van der Waals surface area contributed by atoms with Crippen molar-refractivity contribution in [2.75, 3.05) is 0 Å². The Kier molecular flexibility index (Phi) is 6.00. The molecule has 0 amide bonds. The van der Waals surface area contributed by atoms with Gasteiger partial charge in [-0.2, -0.15) is 0 Å². The minimum Gasteiger partial charge on any atom is -0.373 e. The Hall–Kier alpha value is -2.16. The van der Waals surface area contributed by atoms with Gasteiger partial charge in [-0.25, -0.2) is 0 Å². The van der Waals surface area contributed by atoms with E-state index in [4.69, 9.17) is 9.47 Å². The predicted octanol–water partition coefficient (Wildman–Crippen LogP) is 5.02. The molecule has 2 aromatic carbocycles. The van der Waals surface area contributed by atoms with E-state index in [0.717, 1.165) is 12.8 Å². The van der Waals surface area contributed by atoms with Gasteiger partial charge in [0.1, 0.15) is 0 Å². The van der Waals surface area contributed by atoms with E-state index in [0.29, 0.717) is 6.61 Å². The van der Waals surface area contributed by atoms with Crippen LogP contribution in [0.3, 0.4) is 0 Å². The highest BCUT2D eigenvalue weighted by Crippen LogP contribution is 2.25. The van der Waals surface area contributed by atoms with Gasteiger partial charge in [-0.3, -0.25) is 0 Å². The number of hydrogen-bond acceptors (Lipinski definition) is 2. The van der Waals surface area contributed by atoms with Crippen LogP contribution in [-0.4, -0.2) is 18.3 Å². The van der Waals surface area contributed by atoms with Crippen molar-refractivity contribution in [2.24, 2.45) is 0 Å². The summed E-state index contributed by atoms with van der Waals surface area (Å²) in [6.45, 7) is 4.53. The molecule has 24 heavy (non-hydrogen) atoms. The van der Waals surface area contributed by atoms with Gasteiger partial charge < -0.3 is 9.47 Å². The Morgan fingerprint density at radius 3 is 2.33 bits per heavy atom. The first-order valence-corrected chi connectivity index (χ1v) is 8.50. The van der Waals surface area contributed by atoms with Crippen LogP contribution in [0.25, 0.3) is 6.08 Å². The second-order valence-electron chi connectivity index (χ2n) is 6.11. The Morgan fingerprint density at radius 1 is 0.958 bits per heavy atom. The van der Waals surface area contributed by atoms with Gasteiger partial charge in [-0.1, -0.05) is 78.9 Å². The molecule has 1 fully saturated rings. The summed E-state index contributed by atoms with van der Waals surface area (Å²) in [5.41, 5.74) is 2.39. The molecule has 1 saturated heterocycles. The summed E-state index contributed by atoms with van der Waals surface area (Å²) >= 11 is 0. The third-order valence-corrected chi connectivity index (χ3v) is 4.23. The molecule has 0 saturated carbocycles. The molecule has 3 rings (SSSR count). The number of hydrogen-bond donors (Lipinski definition) is 0. The van der Waals surface area contributed by atoms with Crippen LogP contribution < -0.4 is 0 Å². The van der Waals surface area contributed by atoms with Crippen molar-refractivity contribution >= 4 is 6.08 Å². The molecule has 2 aromatic rings. The Bertz CT molecular complexity index is 648. The lowest BCUT2D eigenvalue weighted by molar-refractivity contribution is -0.0866. The van der Waals surface area contributed by atoms with Crippen molar-refractivity contribution in [1.82, 2.24) is 0 Å². The SMILES string of the molecule is C=CC1C[C@@H](OCc2ccccc2)CC(/C=C\c2ccccc2)O1. The quantitative estimate of drug-likeness (QED) is 0.696. The van der Waals surface area contributed by atoms with Crippen molar-refractivity contribution in [1.29, 1.82) is 0 Å². The summed E-state index contributed by atoms with van der Waals surface area (Å²) < 4.78 is 12.2. The highest BCUT2D eigenvalue weighted by atomic mass is 16.5. The molecular weight excluding hydrogens is 296 g/mol. The third-order valence-electron chi connectivity index (χ3n) is 4.23. The van der Waals surface area contributed by atoms with Crippen LogP contribution in [0.4, 0.5) is 0 Å². The zero-order chi connectivity index (χ0) is 16.6. The second-order valence-corrected chi connectivity index (χ2v) is 6.11. The Morgan fingerprint density at radius 2 is 1.62 bits per heavy atom. The van der Waals surface area contributed by atoms with Crippen LogP contribution in [0.2, 0.25) is 0 Å². The van der Waals surface area contributed by atoms with E-state index in [2.05, 4.69) is 43.0 Å². The summed E-state index contributed by atoms with van der Waals surface area (Å²) in [6, 6.07) is 20.6. The maximum absolute atomic E-state index is 6.12. The second kappa shape index (κ2) is 8.62. The summed E-state index contributed by atoms with van der Waals surface area (Å²) in [6.07, 6.45) is 8.15. The van der Waals surface area contributed by atoms with Crippen molar-refractivity contribution in [3.8, 4) is 0 Å². The fraction of sp³-hybridized carbons (Fsp3) is 0.273. The van der Waals surface area contributed by atoms with Crippen LogP contribution in [0, 0.1) is 0 Å². The van der Waals surface area contributed by atoms with Gasteiger partial charge in [0, 0.05) is 12.8 Å². The first-order chi connectivity index (χ1) is 11.8. The highest BCUT2D eigenvalue weighted by molar-refractivity contribution is 5.49. The molecule has 0 bridgehead atoms. The lowest BCUT2D eigenvalue weighted by atomic mass is 9.99.